The fourth-order valence-corrected chi connectivity index (χ4v) is 3.67. The van der Waals surface area contributed by atoms with Crippen LogP contribution in [0.1, 0.15) is 38.2 Å². The minimum Gasteiger partial charge on any atom is -0.482 e. The number of likely N-dealkylation sites (tertiary alicyclic amines) is 1. The van der Waals surface area contributed by atoms with Crippen LogP contribution in [0.2, 0.25) is 5.02 Å². The van der Waals surface area contributed by atoms with E-state index in [1.54, 1.807) is 12.1 Å². The topological polar surface area (TPSA) is 88.8 Å². The summed E-state index contributed by atoms with van der Waals surface area (Å²) in [7, 11) is 0. The average molecular weight is 421 g/mol. The van der Waals surface area contributed by atoms with Crippen molar-refractivity contribution in [3.05, 3.63) is 39.2 Å². The third-order valence-corrected chi connectivity index (χ3v) is 5.15. The van der Waals surface area contributed by atoms with Crippen molar-refractivity contribution in [2.45, 2.75) is 39.0 Å². The van der Waals surface area contributed by atoms with Crippen molar-refractivity contribution in [1.29, 1.82) is 0 Å². The third-order valence-electron chi connectivity index (χ3n) is 4.86. The maximum atomic E-state index is 12.0. The Kier molecular flexibility index (Phi) is 7.14. The standard InChI is InChI=1S/C21H25ClN2O5/c1-2-5-14-10-21(27)29-17-12-18(16(22)11-15(14)17)28-13-19(25)23-7-4-9-24-8-3-6-20(24)26/h10-12H,2-9,13H2,1H3,(H,23,25). The lowest BCUT2D eigenvalue weighted by atomic mass is 10.1. The molecule has 29 heavy (non-hydrogen) atoms. The molecule has 0 radical (unpaired) electrons. The van der Waals surface area contributed by atoms with Crippen LogP contribution < -0.4 is 15.7 Å². The number of carbonyl (C=O) groups excluding carboxylic acids is 2. The molecule has 156 valence electrons. The Hall–Kier alpha value is -2.54. The van der Waals surface area contributed by atoms with Gasteiger partial charge in [-0.2, -0.15) is 0 Å². The number of rotatable bonds is 9. The normalized spacial score (nSPS) is 13.9. The summed E-state index contributed by atoms with van der Waals surface area (Å²) in [5, 5.41) is 3.88. The highest BCUT2D eigenvalue weighted by molar-refractivity contribution is 6.32. The fraction of sp³-hybridized carbons (Fsp3) is 0.476. The molecule has 1 aliphatic heterocycles. The number of ether oxygens (including phenoxy) is 1. The summed E-state index contributed by atoms with van der Waals surface area (Å²) in [5.74, 6) is 0.184. The SMILES string of the molecule is CCCc1cc(=O)oc2cc(OCC(=O)NCCCN3CCCC3=O)c(Cl)cc12. The Labute approximate surface area is 174 Å². The second-order valence-corrected chi connectivity index (χ2v) is 7.50. The number of nitrogens with one attached hydrogen (secondary N) is 1. The number of aryl methyl sites for hydroxylation is 1. The number of halogens is 1. The van der Waals surface area contributed by atoms with Crippen molar-refractivity contribution >= 4 is 34.4 Å². The Morgan fingerprint density at radius 3 is 2.86 bits per heavy atom. The fourth-order valence-electron chi connectivity index (χ4n) is 3.45. The van der Waals surface area contributed by atoms with E-state index in [0.717, 1.165) is 36.8 Å². The first-order valence-electron chi connectivity index (χ1n) is 9.91. The highest BCUT2D eigenvalue weighted by atomic mass is 35.5. The number of carbonyl (C=O) groups is 2. The summed E-state index contributed by atoms with van der Waals surface area (Å²) in [6.45, 7) is 3.74. The van der Waals surface area contributed by atoms with Gasteiger partial charge in [-0.1, -0.05) is 24.9 Å². The van der Waals surface area contributed by atoms with E-state index in [1.165, 1.54) is 6.07 Å². The second-order valence-electron chi connectivity index (χ2n) is 7.10. The van der Waals surface area contributed by atoms with E-state index < -0.39 is 5.63 Å². The van der Waals surface area contributed by atoms with Gasteiger partial charge in [0, 0.05) is 43.6 Å². The van der Waals surface area contributed by atoms with Crippen LogP contribution in [-0.4, -0.2) is 43.0 Å². The summed E-state index contributed by atoms with van der Waals surface area (Å²) in [5.41, 5.74) is 0.834. The number of hydrogen-bond donors (Lipinski definition) is 1. The van der Waals surface area contributed by atoms with Crippen LogP contribution in [0.4, 0.5) is 0 Å². The van der Waals surface area contributed by atoms with Gasteiger partial charge in [0.05, 0.1) is 5.02 Å². The van der Waals surface area contributed by atoms with Crippen molar-refractivity contribution in [3.8, 4) is 5.75 Å². The molecule has 0 spiro atoms. The second kappa shape index (κ2) is 9.78. The lowest BCUT2D eigenvalue weighted by molar-refractivity contribution is -0.127. The molecule has 1 aromatic heterocycles. The van der Waals surface area contributed by atoms with Gasteiger partial charge in [-0.25, -0.2) is 4.79 Å². The van der Waals surface area contributed by atoms with Crippen LogP contribution in [0.3, 0.4) is 0 Å². The average Bonchev–Trinajstić information content (AvgIpc) is 3.09. The van der Waals surface area contributed by atoms with Gasteiger partial charge in [0.25, 0.3) is 5.91 Å². The van der Waals surface area contributed by atoms with E-state index in [0.29, 0.717) is 36.5 Å². The Morgan fingerprint density at radius 2 is 2.14 bits per heavy atom. The molecule has 0 saturated carbocycles. The molecule has 2 amide bonds. The van der Waals surface area contributed by atoms with Crippen LogP contribution in [0, 0.1) is 0 Å². The van der Waals surface area contributed by atoms with E-state index in [-0.39, 0.29) is 24.2 Å². The summed E-state index contributed by atoms with van der Waals surface area (Å²) in [4.78, 5) is 37.1. The van der Waals surface area contributed by atoms with Gasteiger partial charge in [-0.15, -0.1) is 0 Å². The van der Waals surface area contributed by atoms with Crippen LogP contribution in [0.5, 0.6) is 5.75 Å². The molecule has 1 N–H and O–H groups in total. The van der Waals surface area contributed by atoms with E-state index >= 15 is 0 Å². The first-order chi connectivity index (χ1) is 14.0. The number of fused-ring (bicyclic) bond motifs is 1. The van der Waals surface area contributed by atoms with Crippen LogP contribution in [0.25, 0.3) is 11.0 Å². The predicted octanol–water partition coefficient (Wildman–Crippen LogP) is 2.91. The third kappa shape index (κ3) is 5.50. The molecule has 1 aromatic carbocycles. The molecule has 0 aliphatic carbocycles. The summed E-state index contributed by atoms with van der Waals surface area (Å²) in [6.07, 6.45) is 3.85. The van der Waals surface area contributed by atoms with Crippen molar-refractivity contribution in [3.63, 3.8) is 0 Å². The smallest absolute Gasteiger partial charge is 0.336 e. The van der Waals surface area contributed by atoms with Gasteiger partial charge in [0.1, 0.15) is 11.3 Å². The maximum Gasteiger partial charge on any atom is 0.336 e. The Balaban J connectivity index is 1.54. The molecule has 0 unspecified atom stereocenters. The lowest BCUT2D eigenvalue weighted by Gasteiger charge is -2.15. The van der Waals surface area contributed by atoms with Crippen LogP contribution in [-0.2, 0) is 16.0 Å². The Bertz CT molecular complexity index is 956. The molecule has 1 aliphatic rings. The van der Waals surface area contributed by atoms with Gasteiger partial charge in [0.2, 0.25) is 5.91 Å². The summed E-state index contributed by atoms with van der Waals surface area (Å²) < 4.78 is 10.8. The molecule has 1 fully saturated rings. The largest absolute Gasteiger partial charge is 0.482 e. The van der Waals surface area contributed by atoms with Crippen molar-refractivity contribution in [1.82, 2.24) is 10.2 Å². The number of hydrogen-bond acceptors (Lipinski definition) is 5. The first kappa shape index (κ1) is 21.2. The molecular weight excluding hydrogens is 396 g/mol. The molecule has 2 heterocycles. The van der Waals surface area contributed by atoms with Gasteiger partial charge >= 0.3 is 5.63 Å². The van der Waals surface area contributed by atoms with Gasteiger partial charge in [-0.05, 0) is 30.9 Å². The van der Waals surface area contributed by atoms with Crippen molar-refractivity contribution in [2.24, 2.45) is 0 Å². The highest BCUT2D eigenvalue weighted by Gasteiger charge is 2.19. The zero-order chi connectivity index (χ0) is 20.8. The molecule has 3 rings (SSSR count). The molecule has 1 saturated heterocycles. The van der Waals surface area contributed by atoms with Gasteiger partial charge < -0.3 is 19.4 Å². The van der Waals surface area contributed by atoms with Crippen LogP contribution >= 0.6 is 11.6 Å². The molecule has 0 bridgehead atoms. The molecule has 8 heteroatoms. The molecular formula is C21H25ClN2O5. The first-order valence-corrected chi connectivity index (χ1v) is 10.3. The minimum absolute atomic E-state index is 0.180. The maximum absolute atomic E-state index is 12.0. The van der Waals surface area contributed by atoms with E-state index in [9.17, 15) is 14.4 Å². The van der Waals surface area contributed by atoms with Crippen molar-refractivity contribution in [2.75, 3.05) is 26.2 Å². The molecule has 2 aromatic rings. The quantitative estimate of drug-likeness (QED) is 0.497. The molecule has 0 atom stereocenters. The summed E-state index contributed by atoms with van der Waals surface area (Å²) in [6, 6.07) is 4.72. The minimum atomic E-state index is -0.427. The van der Waals surface area contributed by atoms with Crippen molar-refractivity contribution < 1.29 is 18.7 Å². The summed E-state index contributed by atoms with van der Waals surface area (Å²) >= 11 is 6.30. The zero-order valence-corrected chi connectivity index (χ0v) is 17.2. The lowest BCUT2D eigenvalue weighted by Crippen LogP contribution is -2.33. The van der Waals surface area contributed by atoms with E-state index in [1.807, 2.05) is 11.8 Å². The highest BCUT2D eigenvalue weighted by Crippen LogP contribution is 2.31. The van der Waals surface area contributed by atoms with Gasteiger partial charge in [0.15, 0.2) is 6.61 Å². The monoisotopic (exact) mass is 420 g/mol. The zero-order valence-electron chi connectivity index (χ0n) is 16.5. The Morgan fingerprint density at radius 1 is 1.31 bits per heavy atom. The van der Waals surface area contributed by atoms with E-state index in [4.69, 9.17) is 20.8 Å². The molecule has 7 nitrogen and oxygen atoms in total. The van der Waals surface area contributed by atoms with Gasteiger partial charge in [-0.3, -0.25) is 9.59 Å². The predicted molar refractivity (Wildman–Crippen MR) is 110 cm³/mol. The van der Waals surface area contributed by atoms with E-state index in [2.05, 4.69) is 5.32 Å². The number of nitrogens with zero attached hydrogens (tertiary/aromatic N) is 1. The van der Waals surface area contributed by atoms with Crippen LogP contribution in [0.15, 0.2) is 27.4 Å². The number of amides is 2. The number of benzene rings is 1.